The molecule has 2 amide bonds. The number of furan rings is 1. The third-order valence-corrected chi connectivity index (χ3v) is 3.88. The first-order valence-corrected chi connectivity index (χ1v) is 8.19. The Labute approximate surface area is 147 Å². The van der Waals surface area contributed by atoms with Crippen molar-refractivity contribution in [3.05, 3.63) is 35.5 Å². The number of urea groups is 1. The molecule has 8 nitrogen and oxygen atoms in total. The second-order valence-corrected chi connectivity index (χ2v) is 6.70. The van der Waals surface area contributed by atoms with Crippen LogP contribution in [0.2, 0.25) is 0 Å². The number of carbonyl (C=O) groups is 1. The van der Waals surface area contributed by atoms with Crippen LogP contribution in [0.1, 0.15) is 24.0 Å². The van der Waals surface area contributed by atoms with Gasteiger partial charge >= 0.3 is 6.03 Å². The molecule has 0 bridgehead atoms. The molecule has 8 heteroatoms. The summed E-state index contributed by atoms with van der Waals surface area (Å²) in [7, 11) is 3.98. The summed E-state index contributed by atoms with van der Waals surface area (Å²) in [5, 5.41) is 20.2. The Bertz CT molecular complexity index is 718. The largest absolute Gasteiger partial charge is 0.466 e. The SMILES string of the molecule is Cc1cc(C(C)(O)CNC(=O)Nc2cnn(CCN(C)C)c2)c(C)o1. The van der Waals surface area contributed by atoms with E-state index >= 15 is 0 Å². The minimum absolute atomic E-state index is 0.0629. The molecule has 2 heterocycles. The molecule has 0 spiro atoms. The number of aliphatic hydroxyl groups is 1. The minimum Gasteiger partial charge on any atom is -0.466 e. The fourth-order valence-electron chi connectivity index (χ4n) is 2.54. The number of aryl methyl sites for hydroxylation is 2. The van der Waals surface area contributed by atoms with E-state index in [1.807, 2.05) is 21.0 Å². The summed E-state index contributed by atoms with van der Waals surface area (Å²) in [5.41, 5.74) is 0.0581. The summed E-state index contributed by atoms with van der Waals surface area (Å²) >= 11 is 0. The zero-order valence-electron chi connectivity index (χ0n) is 15.5. The van der Waals surface area contributed by atoms with E-state index < -0.39 is 11.6 Å². The summed E-state index contributed by atoms with van der Waals surface area (Å²) < 4.78 is 7.21. The van der Waals surface area contributed by atoms with Crippen LogP contribution in [0, 0.1) is 13.8 Å². The van der Waals surface area contributed by atoms with Crippen LogP contribution in [-0.4, -0.2) is 53.0 Å². The van der Waals surface area contributed by atoms with Gasteiger partial charge in [-0.05, 0) is 40.9 Å². The number of likely N-dealkylation sites (N-methyl/N-ethyl adjacent to an activating group) is 1. The first kappa shape index (κ1) is 19.0. The van der Waals surface area contributed by atoms with Gasteiger partial charge in [-0.15, -0.1) is 0 Å². The molecule has 138 valence electrons. The molecular weight excluding hydrogens is 322 g/mol. The van der Waals surface area contributed by atoms with Gasteiger partial charge in [-0.2, -0.15) is 5.10 Å². The Balaban J connectivity index is 1.87. The normalized spacial score (nSPS) is 13.7. The van der Waals surface area contributed by atoms with Gasteiger partial charge in [0.1, 0.15) is 17.1 Å². The molecule has 3 N–H and O–H groups in total. The topological polar surface area (TPSA) is 95.6 Å². The van der Waals surface area contributed by atoms with E-state index in [2.05, 4.69) is 20.6 Å². The average molecular weight is 349 g/mol. The van der Waals surface area contributed by atoms with Crippen LogP contribution in [0.3, 0.4) is 0 Å². The molecule has 0 saturated heterocycles. The summed E-state index contributed by atoms with van der Waals surface area (Å²) in [5.74, 6) is 1.37. The zero-order chi connectivity index (χ0) is 18.6. The Hall–Kier alpha value is -2.32. The number of aromatic nitrogens is 2. The number of hydrogen-bond acceptors (Lipinski definition) is 5. The predicted octanol–water partition coefficient (Wildman–Crippen LogP) is 1.68. The molecule has 2 aromatic heterocycles. The minimum atomic E-state index is -1.21. The van der Waals surface area contributed by atoms with Crippen LogP contribution in [0.5, 0.6) is 0 Å². The highest BCUT2D eigenvalue weighted by atomic mass is 16.3. The third-order valence-electron chi connectivity index (χ3n) is 3.88. The van der Waals surface area contributed by atoms with Gasteiger partial charge in [-0.25, -0.2) is 4.79 Å². The predicted molar refractivity (Wildman–Crippen MR) is 95.6 cm³/mol. The van der Waals surface area contributed by atoms with Crippen molar-refractivity contribution in [2.45, 2.75) is 32.9 Å². The molecule has 0 radical (unpaired) electrons. The van der Waals surface area contributed by atoms with E-state index in [4.69, 9.17) is 4.42 Å². The van der Waals surface area contributed by atoms with Gasteiger partial charge in [0.05, 0.1) is 25.0 Å². The molecule has 1 unspecified atom stereocenters. The van der Waals surface area contributed by atoms with Gasteiger partial charge in [-0.3, -0.25) is 4.68 Å². The van der Waals surface area contributed by atoms with E-state index in [1.54, 1.807) is 37.0 Å². The van der Waals surface area contributed by atoms with Crippen LogP contribution in [0.25, 0.3) is 0 Å². The summed E-state index contributed by atoms with van der Waals surface area (Å²) in [4.78, 5) is 14.1. The van der Waals surface area contributed by atoms with E-state index in [-0.39, 0.29) is 6.54 Å². The molecule has 1 atom stereocenters. The molecule has 0 aliphatic carbocycles. The van der Waals surface area contributed by atoms with Gasteiger partial charge < -0.3 is 25.1 Å². The number of amides is 2. The third kappa shape index (κ3) is 5.33. The Morgan fingerprint density at radius 3 is 2.76 bits per heavy atom. The second-order valence-electron chi connectivity index (χ2n) is 6.70. The van der Waals surface area contributed by atoms with Crippen molar-refractivity contribution in [2.75, 3.05) is 32.5 Å². The first-order valence-electron chi connectivity index (χ1n) is 8.19. The molecule has 0 aliphatic rings. The number of rotatable bonds is 7. The van der Waals surface area contributed by atoms with Crippen molar-refractivity contribution < 1.29 is 14.3 Å². The number of nitrogens with one attached hydrogen (secondary N) is 2. The van der Waals surface area contributed by atoms with Crippen molar-refractivity contribution in [1.29, 1.82) is 0 Å². The molecule has 25 heavy (non-hydrogen) atoms. The van der Waals surface area contributed by atoms with Crippen LogP contribution < -0.4 is 10.6 Å². The molecule has 0 fully saturated rings. The maximum Gasteiger partial charge on any atom is 0.319 e. The van der Waals surface area contributed by atoms with Gasteiger partial charge in [0, 0.05) is 18.3 Å². The van der Waals surface area contributed by atoms with Crippen molar-refractivity contribution >= 4 is 11.7 Å². The smallest absolute Gasteiger partial charge is 0.319 e. The van der Waals surface area contributed by atoms with Crippen molar-refractivity contribution in [2.24, 2.45) is 0 Å². The van der Waals surface area contributed by atoms with Crippen molar-refractivity contribution in [3.8, 4) is 0 Å². The average Bonchev–Trinajstić information content (AvgIpc) is 3.09. The Kier molecular flexibility index (Phi) is 5.86. The maximum absolute atomic E-state index is 12.1. The van der Waals surface area contributed by atoms with E-state index in [9.17, 15) is 9.90 Å². The fraction of sp³-hybridized carbons (Fsp3) is 0.529. The maximum atomic E-state index is 12.1. The Morgan fingerprint density at radius 2 is 2.16 bits per heavy atom. The lowest BCUT2D eigenvalue weighted by Gasteiger charge is -2.23. The summed E-state index contributed by atoms with van der Waals surface area (Å²) in [6, 6.07) is 1.38. The number of nitrogens with zero attached hydrogens (tertiary/aromatic N) is 3. The lowest BCUT2D eigenvalue weighted by atomic mass is 9.96. The van der Waals surface area contributed by atoms with Crippen LogP contribution in [-0.2, 0) is 12.1 Å². The highest BCUT2D eigenvalue weighted by molar-refractivity contribution is 5.88. The monoisotopic (exact) mass is 349 g/mol. The van der Waals surface area contributed by atoms with Crippen molar-refractivity contribution in [1.82, 2.24) is 20.0 Å². The highest BCUT2D eigenvalue weighted by Crippen LogP contribution is 2.26. The van der Waals surface area contributed by atoms with E-state index in [0.717, 1.165) is 18.8 Å². The molecule has 0 saturated carbocycles. The molecule has 0 aliphatic heterocycles. The Morgan fingerprint density at radius 1 is 1.44 bits per heavy atom. The van der Waals surface area contributed by atoms with Gasteiger partial charge in [-0.1, -0.05) is 0 Å². The standard InChI is InChI=1S/C17H27N5O3/c1-12-8-15(13(2)25-12)17(3,24)11-18-16(23)20-14-9-19-22(10-14)7-6-21(4)5/h8-10,24H,6-7,11H2,1-5H3,(H2,18,20,23). The van der Waals surface area contributed by atoms with Crippen molar-refractivity contribution in [3.63, 3.8) is 0 Å². The van der Waals surface area contributed by atoms with Gasteiger partial charge in [0.2, 0.25) is 0 Å². The molecule has 2 aromatic rings. The van der Waals surface area contributed by atoms with E-state index in [1.165, 1.54) is 0 Å². The summed E-state index contributed by atoms with van der Waals surface area (Å²) in [6.45, 7) is 6.92. The zero-order valence-corrected chi connectivity index (χ0v) is 15.5. The lowest BCUT2D eigenvalue weighted by molar-refractivity contribution is 0.0584. The number of carbonyl (C=O) groups excluding carboxylic acids is 1. The molecule has 0 aromatic carbocycles. The number of anilines is 1. The van der Waals surface area contributed by atoms with Crippen LogP contribution >= 0.6 is 0 Å². The quantitative estimate of drug-likeness (QED) is 0.707. The molecular formula is C17H27N5O3. The van der Waals surface area contributed by atoms with Gasteiger partial charge in [0.25, 0.3) is 0 Å². The fourth-order valence-corrected chi connectivity index (χ4v) is 2.54. The number of hydrogen-bond donors (Lipinski definition) is 3. The molecule has 2 rings (SSSR count). The summed E-state index contributed by atoms with van der Waals surface area (Å²) in [6.07, 6.45) is 3.36. The second kappa shape index (κ2) is 7.71. The highest BCUT2D eigenvalue weighted by Gasteiger charge is 2.28. The van der Waals surface area contributed by atoms with E-state index in [0.29, 0.717) is 17.0 Å². The van der Waals surface area contributed by atoms with Crippen LogP contribution in [0.4, 0.5) is 10.5 Å². The van der Waals surface area contributed by atoms with Gasteiger partial charge in [0.15, 0.2) is 0 Å². The van der Waals surface area contributed by atoms with Crippen LogP contribution in [0.15, 0.2) is 22.9 Å². The first-order chi connectivity index (χ1) is 11.7. The lowest BCUT2D eigenvalue weighted by Crippen LogP contribution is -2.40.